The summed E-state index contributed by atoms with van der Waals surface area (Å²) in [5, 5.41) is 10.8. The quantitative estimate of drug-likeness (QED) is 0.832. The molecule has 30 heavy (non-hydrogen) atoms. The van der Waals surface area contributed by atoms with E-state index in [1.54, 1.807) is 0 Å². The molecule has 0 radical (unpaired) electrons. The van der Waals surface area contributed by atoms with Crippen LogP contribution in [0.5, 0.6) is 17.2 Å². The third-order valence-corrected chi connectivity index (χ3v) is 6.59. The number of fused-ring (bicyclic) bond motifs is 2. The highest BCUT2D eigenvalue weighted by molar-refractivity contribution is 5.63. The van der Waals surface area contributed by atoms with Crippen molar-refractivity contribution in [3.05, 3.63) is 58.7 Å². The molecule has 1 fully saturated rings. The van der Waals surface area contributed by atoms with E-state index in [0.29, 0.717) is 19.8 Å². The van der Waals surface area contributed by atoms with E-state index in [1.165, 1.54) is 16.7 Å². The Morgan fingerprint density at radius 3 is 2.50 bits per heavy atom. The van der Waals surface area contributed by atoms with E-state index in [9.17, 15) is 5.11 Å². The Balaban J connectivity index is 1.22. The lowest BCUT2D eigenvalue weighted by molar-refractivity contribution is 0.0200. The second-order valence-electron chi connectivity index (χ2n) is 8.69. The summed E-state index contributed by atoms with van der Waals surface area (Å²) in [5.41, 5.74) is 4.36. The second-order valence-corrected chi connectivity index (χ2v) is 8.69. The van der Waals surface area contributed by atoms with Crippen LogP contribution in [0.1, 0.15) is 41.2 Å². The summed E-state index contributed by atoms with van der Waals surface area (Å²) >= 11 is 0. The van der Waals surface area contributed by atoms with Gasteiger partial charge in [0.25, 0.3) is 0 Å². The molecule has 2 aromatic rings. The number of hydrogen-bond donors (Lipinski definition) is 1. The first kappa shape index (κ1) is 19.5. The Morgan fingerprint density at radius 2 is 1.70 bits per heavy atom. The average molecular weight is 408 g/mol. The van der Waals surface area contributed by atoms with Crippen molar-refractivity contribution in [2.45, 2.75) is 38.4 Å². The van der Waals surface area contributed by atoms with Crippen LogP contribution in [-0.4, -0.2) is 48.5 Å². The maximum Gasteiger partial charge on any atom is 0.161 e. The maximum absolute atomic E-state index is 10.8. The molecule has 0 saturated carbocycles. The minimum atomic E-state index is -0.552. The molecule has 0 unspecified atom stereocenters. The molecule has 3 aliphatic rings. The zero-order valence-corrected chi connectivity index (χ0v) is 17.7. The molecule has 0 bridgehead atoms. The van der Waals surface area contributed by atoms with Gasteiger partial charge in [0.15, 0.2) is 11.5 Å². The minimum Gasteiger partial charge on any atom is -0.486 e. The van der Waals surface area contributed by atoms with Gasteiger partial charge in [-0.25, -0.2) is 0 Å². The number of nitrogens with zero attached hydrogens (tertiary/aromatic N) is 1. The Kier molecular flexibility index (Phi) is 4.95. The van der Waals surface area contributed by atoms with Gasteiger partial charge in [-0.2, -0.15) is 0 Å². The first-order valence-corrected chi connectivity index (χ1v) is 10.8. The summed E-state index contributed by atoms with van der Waals surface area (Å²) in [6.07, 6.45) is 5.74. The SMILES string of the molecule is Cc1cc2c(cc1C)OC1(C=C2)CCN(C[C@@H](O)c2ccc3c(c2)OCCO3)CC1. The molecule has 5 rings (SSSR count). The number of benzene rings is 2. The highest BCUT2D eigenvalue weighted by atomic mass is 16.6. The predicted octanol–water partition coefficient (Wildman–Crippen LogP) is 4.05. The summed E-state index contributed by atoms with van der Waals surface area (Å²) in [4.78, 5) is 2.32. The van der Waals surface area contributed by atoms with Gasteiger partial charge in [0.05, 0.1) is 6.10 Å². The fraction of sp³-hybridized carbons (Fsp3) is 0.440. The molecule has 3 aliphatic heterocycles. The fourth-order valence-corrected chi connectivity index (χ4v) is 4.53. The molecule has 5 heteroatoms. The van der Waals surface area contributed by atoms with Crippen molar-refractivity contribution in [2.75, 3.05) is 32.8 Å². The van der Waals surface area contributed by atoms with Gasteiger partial charge in [0, 0.05) is 38.0 Å². The number of ether oxygens (including phenoxy) is 3. The van der Waals surface area contributed by atoms with Gasteiger partial charge in [0.1, 0.15) is 24.6 Å². The number of aliphatic hydroxyl groups excluding tert-OH is 1. The number of piperidine rings is 1. The normalized spacial score (nSPS) is 20.5. The molecule has 5 nitrogen and oxygen atoms in total. The molecule has 3 heterocycles. The second kappa shape index (κ2) is 7.64. The van der Waals surface area contributed by atoms with Crippen LogP contribution in [0.3, 0.4) is 0 Å². The Morgan fingerprint density at radius 1 is 0.967 bits per heavy atom. The lowest BCUT2D eigenvalue weighted by atomic mass is 9.87. The Bertz CT molecular complexity index is 975. The van der Waals surface area contributed by atoms with Crippen LogP contribution in [0.15, 0.2) is 36.4 Å². The van der Waals surface area contributed by atoms with Crippen molar-refractivity contribution in [3.8, 4) is 17.2 Å². The Labute approximate surface area is 177 Å². The van der Waals surface area contributed by atoms with E-state index >= 15 is 0 Å². The molecular weight excluding hydrogens is 378 g/mol. The van der Waals surface area contributed by atoms with Crippen molar-refractivity contribution in [3.63, 3.8) is 0 Å². The number of rotatable bonds is 3. The van der Waals surface area contributed by atoms with Crippen LogP contribution in [0, 0.1) is 13.8 Å². The lowest BCUT2D eigenvalue weighted by Crippen LogP contribution is -2.48. The van der Waals surface area contributed by atoms with E-state index in [2.05, 4.69) is 43.0 Å². The van der Waals surface area contributed by atoms with E-state index in [1.807, 2.05) is 18.2 Å². The molecule has 158 valence electrons. The number of likely N-dealkylation sites (tertiary alicyclic amines) is 1. The van der Waals surface area contributed by atoms with E-state index in [-0.39, 0.29) is 5.60 Å². The highest BCUT2D eigenvalue weighted by Crippen LogP contribution is 2.39. The topological polar surface area (TPSA) is 51.2 Å². The van der Waals surface area contributed by atoms with Crippen LogP contribution in [-0.2, 0) is 0 Å². The van der Waals surface area contributed by atoms with Crippen LogP contribution >= 0.6 is 0 Å². The first-order chi connectivity index (χ1) is 14.5. The van der Waals surface area contributed by atoms with Gasteiger partial charge in [-0.3, -0.25) is 0 Å². The molecular formula is C25H29NO4. The zero-order valence-electron chi connectivity index (χ0n) is 17.7. The highest BCUT2D eigenvalue weighted by Gasteiger charge is 2.37. The summed E-state index contributed by atoms with van der Waals surface area (Å²) in [7, 11) is 0. The van der Waals surface area contributed by atoms with Crippen LogP contribution < -0.4 is 14.2 Å². The molecule has 1 atom stereocenters. The van der Waals surface area contributed by atoms with Crippen molar-refractivity contribution >= 4 is 6.08 Å². The van der Waals surface area contributed by atoms with Crippen molar-refractivity contribution in [1.29, 1.82) is 0 Å². The van der Waals surface area contributed by atoms with Gasteiger partial charge in [-0.1, -0.05) is 12.1 Å². The van der Waals surface area contributed by atoms with Crippen LogP contribution in [0.25, 0.3) is 6.08 Å². The molecule has 1 N–H and O–H groups in total. The van der Waals surface area contributed by atoms with Crippen molar-refractivity contribution in [1.82, 2.24) is 4.90 Å². The fourth-order valence-electron chi connectivity index (χ4n) is 4.53. The molecule has 0 aromatic heterocycles. The van der Waals surface area contributed by atoms with E-state index < -0.39 is 6.10 Å². The Hall–Kier alpha value is -2.50. The minimum absolute atomic E-state index is 0.229. The lowest BCUT2D eigenvalue weighted by Gasteiger charge is -2.42. The predicted molar refractivity (Wildman–Crippen MR) is 116 cm³/mol. The van der Waals surface area contributed by atoms with Gasteiger partial charge in [-0.05, 0) is 60.9 Å². The van der Waals surface area contributed by atoms with Crippen LogP contribution in [0.2, 0.25) is 0 Å². The van der Waals surface area contributed by atoms with E-state index in [4.69, 9.17) is 14.2 Å². The summed E-state index contributed by atoms with van der Waals surface area (Å²) in [5.74, 6) is 2.47. The maximum atomic E-state index is 10.8. The molecule has 0 aliphatic carbocycles. The third-order valence-electron chi connectivity index (χ3n) is 6.59. The number of aryl methyl sites for hydroxylation is 2. The van der Waals surface area contributed by atoms with Gasteiger partial charge >= 0.3 is 0 Å². The molecule has 2 aromatic carbocycles. The summed E-state index contributed by atoms with van der Waals surface area (Å²) in [6.45, 7) is 7.79. The molecule has 1 spiro atoms. The summed E-state index contributed by atoms with van der Waals surface area (Å²) in [6, 6.07) is 10.1. The monoisotopic (exact) mass is 407 g/mol. The largest absolute Gasteiger partial charge is 0.486 e. The average Bonchev–Trinajstić information content (AvgIpc) is 2.76. The number of β-amino-alcohol motifs (C(OH)–C–C–N with tert-alkyl or cyclic N) is 1. The number of hydrogen-bond acceptors (Lipinski definition) is 5. The van der Waals surface area contributed by atoms with Gasteiger partial charge in [-0.15, -0.1) is 0 Å². The van der Waals surface area contributed by atoms with Gasteiger partial charge in [0.2, 0.25) is 0 Å². The summed E-state index contributed by atoms with van der Waals surface area (Å²) < 4.78 is 17.7. The van der Waals surface area contributed by atoms with Gasteiger partial charge < -0.3 is 24.2 Å². The molecule has 0 amide bonds. The first-order valence-electron chi connectivity index (χ1n) is 10.8. The number of aliphatic hydroxyl groups is 1. The standard InChI is InChI=1S/C25H29NO4/c1-17-13-20-5-6-25(30-23(20)14-18(17)2)7-9-26(10-8-25)16-21(27)19-3-4-22-24(15-19)29-12-11-28-22/h3-6,13-15,21,27H,7-12,16H2,1-2H3/t21-/m1/s1. The smallest absolute Gasteiger partial charge is 0.161 e. The zero-order chi connectivity index (χ0) is 20.7. The van der Waals surface area contributed by atoms with Crippen LogP contribution in [0.4, 0.5) is 0 Å². The third kappa shape index (κ3) is 3.68. The van der Waals surface area contributed by atoms with Crippen molar-refractivity contribution < 1.29 is 19.3 Å². The molecule has 1 saturated heterocycles. The van der Waals surface area contributed by atoms with E-state index in [0.717, 1.165) is 48.7 Å². The van der Waals surface area contributed by atoms with Crippen molar-refractivity contribution in [2.24, 2.45) is 0 Å².